The second kappa shape index (κ2) is 4.55. The highest BCUT2D eigenvalue weighted by atomic mass is 32.1. The van der Waals surface area contributed by atoms with E-state index in [1.165, 1.54) is 23.6 Å². The third-order valence-corrected chi connectivity index (χ3v) is 2.50. The van der Waals surface area contributed by atoms with Crippen LogP contribution >= 0.6 is 11.3 Å². The Bertz CT molecular complexity index is 526. The highest BCUT2D eigenvalue weighted by Gasteiger charge is 2.09. The molecule has 0 spiro atoms. The van der Waals surface area contributed by atoms with Crippen LogP contribution < -0.4 is 4.74 Å². The molecule has 2 heterocycles. The number of pyridine rings is 1. The van der Waals surface area contributed by atoms with Gasteiger partial charge >= 0.3 is 5.97 Å². The van der Waals surface area contributed by atoms with Crippen LogP contribution in [-0.2, 0) is 0 Å². The van der Waals surface area contributed by atoms with Crippen molar-refractivity contribution in [2.24, 2.45) is 0 Å². The maximum absolute atomic E-state index is 11.5. The summed E-state index contributed by atoms with van der Waals surface area (Å²) in [6.45, 7) is 0. The molecule has 2 rings (SSSR count). The number of esters is 1. The van der Waals surface area contributed by atoms with E-state index in [9.17, 15) is 4.79 Å². The number of nitriles is 1. The van der Waals surface area contributed by atoms with Crippen molar-refractivity contribution in [1.29, 1.82) is 5.26 Å². The van der Waals surface area contributed by atoms with Gasteiger partial charge in [0.25, 0.3) is 0 Å². The first-order valence-corrected chi connectivity index (χ1v) is 5.34. The minimum Gasteiger partial charge on any atom is -0.404 e. The van der Waals surface area contributed by atoms with Crippen molar-refractivity contribution in [3.05, 3.63) is 46.3 Å². The molecule has 0 amide bonds. The maximum atomic E-state index is 11.5. The second-order valence-corrected chi connectivity index (χ2v) is 3.68. The minimum absolute atomic E-state index is 0.190. The Labute approximate surface area is 95.7 Å². The predicted octanol–water partition coefficient (Wildman–Crippen LogP) is 2.23. The largest absolute Gasteiger partial charge is 0.404 e. The van der Waals surface area contributed by atoms with Crippen molar-refractivity contribution in [3.63, 3.8) is 0 Å². The summed E-state index contributed by atoms with van der Waals surface area (Å²) in [4.78, 5) is 15.3. The summed E-state index contributed by atoms with van der Waals surface area (Å²) in [5, 5.41) is 12.1. The lowest BCUT2D eigenvalue weighted by Crippen LogP contribution is -2.08. The molecule has 0 aromatic carbocycles. The highest BCUT2D eigenvalue weighted by molar-refractivity contribution is 7.08. The molecule has 0 radical (unpaired) electrons. The van der Waals surface area contributed by atoms with E-state index in [2.05, 4.69) is 4.98 Å². The maximum Gasteiger partial charge on any atom is 0.345 e. The molecule has 2 aromatic heterocycles. The van der Waals surface area contributed by atoms with Crippen LogP contribution in [0.3, 0.4) is 0 Å². The fourth-order valence-electron chi connectivity index (χ4n) is 1.04. The van der Waals surface area contributed by atoms with Crippen LogP contribution in [0.4, 0.5) is 0 Å². The molecule has 0 aliphatic rings. The summed E-state index contributed by atoms with van der Waals surface area (Å²) in [6, 6.07) is 6.64. The average Bonchev–Trinajstić information content (AvgIpc) is 2.83. The van der Waals surface area contributed by atoms with E-state index in [0.29, 0.717) is 11.1 Å². The van der Waals surface area contributed by atoms with Crippen LogP contribution in [-0.4, -0.2) is 11.0 Å². The lowest BCUT2D eigenvalue weighted by molar-refractivity contribution is 0.0728. The molecule has 2 aromatic rings. The standard InChI is InChI=1S/C11H6N2O2S/c12-5-8-1-2-10(13-6-8)15-11(14)9-3-4-16-7-9/h1-4,6-7H. The molecule has 5 heteroatoms. The van der Waals surface area contributed by atoms with Gasteiger partial charge in [-0.3, -0.25) is 0 Å². The zero-order valence-corrected chi connectivity index (χ0v) is 8.90. The molecule has 0 aliphatic heterocycles. The van der Waals surface area contributed by atoms with Crippen LogP contribution in [0.1, 0.15) is 15.9 Å². The molecule has 0 saturated heterocycles. The van der Waals surface area contributed by atoms with E-state index in [4.69, 9.17) is 10.00 Å². The molecule has 78 valence electrons. The Morgan fingerprint density at radius 3 is 2.88 bits per heavy atom. The van der Waals surface area contributed by atoms with Crippen molar-refractivity contribution in [2.75, 3.05) is 0 Å². The van der Waals surface area contributed by atoms with Gasteiger partial charge in [-0.05, 0) is 17.5 Å². The monoisotopic (exact) mass is 230 g/mol. The Hall–Kier alpha value is -2.19. The van der Waals surface area contributed by atoms with Gasteiger partial charge < -0.3 is 4.74 Å². The smallest absolute Gasteiger partial charge is 0.345 e. The zero-order valence-electron chi connectivity index (χ0n) is 8.08. The summed E-state index contributed by atoms with van der Waals surface area (Å²) in [7, 11) is 0. The highest BCUT2D eigenvalue weighted by Crippen LogP contribution is 2.12. The van der Waals surface area contributed by atoms with Gasteiger partial charge in [0.2, 0.25) is 5.88 Å². The zero-order chi connectivity index (χ0) is 11.4. The van der Waals surface area contributed by atoms with Gasteiger partial charge in [-0.2, -0.15) is 16.6 Å². The molecule has 0 fully saturated rings. The van der Waals surface area contributed by atoms with E-state index in [1.54, 1.807) is 22.9 Å². The van der Waals surface area contributed by atoms with Gasteiger partial charge in [0.1, 0.15) is 6.07 Å². The van der Waals surface area contributed by atoms with Crippen LogP contribution in [0.15, 0.2) is 35.2 Å². The lowest BCUT2D eigenvalue weighted by Gasteiger charge is -2.00. The Morgan fingerprint density at radius 2 is 2.31 bits per heavy atom. The molecular weight excluding hydrogens is 224 g/mol. The Morgan fingerprint density at radius 1 is 1.44 bits per heavy atom. The van der Waals surface area contributed by atoms with E-state index >= 15 is 0 Å². The van der Waals surface area contributed by atoms with Crippen molar-refractivity contribution in [1.82, 2.24) is 4.98 Å². The number of carbonyl (C=O) groups excluding carboxylic acids is 1. The summed E-state index contributed by atoms with van der Waals surface area (Å²) in [6.07, 6.45) is 1.36. The van der Waals surface area contributed by atoms with Crippen LogP contribution in [0.2, 0.25) is 0 Å². The quantitative estimate of drug-likeness (QED) is 0.742. The first kappa shape index (κ1) is 10.3. The Balaban J connectivity index is 2.10. The van der Waals surface area contributed by atoms with Gasteiger partial charge in [-0.25, -0.2) is 9.78 Å². The van der Waals surface area contributed by atoms with E-state index in [1.807, 2.05) is 6.07 Å². The van der Waals surface area contributed by atoms with Gasteiger partial charge in [-0.15, -0.1) is 0 Å². The summed E-state index contributed by atoms with van der Waals surface area (Å²) < 4.78 is 5.01. The number of nitrogens with zero attached hydrogens (tertiary/aromatic N) is 2. The molecule has 16 heavy (non-hydrogen) atoms. The summed E-state index contributed by atoms with van der Waals surface area (Å²) in [5.74, 6) is -0.256. The summed E-state index contributed by atoms with van der Waals surface area (Å²) >= 11 is 1.42. The SMILES string of the molecule is N#Cc1ccc(OC(=O)c2ccsc2)nc1. The number of ether oxygens (including phenoxy) is 1. The van der Waals surface area contributed by atoms with Crippen LogP contribution in [0, 0.1) is 11.3 Å². The molecule has 0 aliphatic carbocycles. The molecular formula is C11H6N2O2S. The average molecular weight is 230 g/mol. The molecule has 0 N–H and O–H groups in total. The number of hydrogen-bond donors (Lipinski definition) is 0. The Kier molecular flexibility index (Phi) is 2.94. The van der Waals surface area contributed by atoms with E-state index in [-0.39, 0.29) is 5.88 Å². The van der Waals surface area contributed by atoms with Crippen molar-refractivity contribution in [2.45, 2.75) is 0 Å². The fraction of sp³-hybridized carbons (Fsp3) is 0. The molecule has 0 bridgehead atoms. The number of rotatable bonds is 2. The van der Waals surface area contributed by atoms with Crippen molar-refractivity contribution < 1.29 is 9.53 Å². The minimum atomic E-state index is -0.446. The normalized spacial score (nSPS) is 9.44. The third-order valence-electron chi connectivity index (χ3n) is 1.82. The first-order chi connectivity index (χ1) is 7.79. The fourth-order valence-corrected chi connectivity index (χ4v) is 1.67. The number of thiophene rings is 1. The van der Waals surface area contributed by atoms with Gasteiger partial charge in [0, 0.05) is 17.6 Å². The predicted molar refractivity (Wildman–Crippen MR) is 58.2 cm³/mol. The van der Waals surface area contributed by atoms with Crippen LogP contribution in [0.25, 0.3) is 0 Å². The number of aromatic nitrogens is 1. The van der Waals surface area contributed by atoms with Crippen molar-refractivity contribution >= 4 is 17.3 Å². The number of hydrogen-bond acceptors (Lipinski definition) is 5. The summed E-state index contributed by atoms with van der Waals surface area (Å²) in [5.41, 5.74) is 0.923. The second-order valence-electron chi connectivity index (χ2n) is 2.90. The topological polar surface area (TPSA) is 63.0 Å². The molecule has 0 unspecified atom stereocenters. The lowest BCUT2D eigenvalue weighted by atomic mass is 10.3. The molecule has 0 saturated carbocycles. The van der Waals surface area contributed by atoms with E-state index in [0.717, 1.165) is 0 Å². The van der Waals surface area contributed by atoms with Crippen LogP contribution in [0.5, 0.6) is 5.88 Å². The van der Waals surface area contributed by atoms with E-state index < -0.39 is 5.97 Å². The molecule has 4 nitrogen and oxygen atoms in total. The molecule has 0 atom stereocenters. The third kappa shape index (κ3) is 2.24. The van der Waals surface area contributed by atoms with Gasteiger partial charge in [-0.1, -0.05) is 0 Å². The van der Waals surface area contributed by atoms with Crippen molar-refractivity contribution in [3.8, 4) is 11.9 Å². The number of carbonyl (C=O) groups is 1. The van der Waals surface area contributed by atoms with Gasteiger partial charge in [0.15, 0.2) is 0 Å². The first-order valence-electron chi connectivity index (χ1n) is 4.40. The van der Waals surface area contributed by atoms with Gasteiger partial charge in [0.05, 0.1) is 11.1 Å².